The Hall–Kier alpha value is -0.930. The van der Waals surface area contributed by atoms with Crippen molar-refractivity contribution in [3.8, 4) is 0 Å². The van der Waals surface area contributed by atoms with Crippen LogP contribution in [0, 0.1) is 5.92 Å². The molecule has 1 rings (SSSR count). The zero-order valence-electron chi connectivity index (χ0n) is 10.4. The topological polar surface area (TPSA) is 34.1 Å². The van der Waals surface area contributed by atoms with E-state index in [1.165, 1.54) is 5.56 Å². The van der Waals surface area contributed by atoms with Gasteiger partial charge in [0.05, 0.1) is 6.61 Å². The van der Waals surface area contributed by atoms with E-state index in [9.17, 15) is 0 Å². The molecule has 0 spiro atoms. The van der Waals surface area contributed by atoms with E-state index in [-0.39, 0.29) is 0 Å². The lowest BCUT2D eigenvalue weighted by atomic mass is 10.2. The third kappa shape index (κ3) is 5.83. The molecule has 1 N–H and O–H groups in total. The molecule has 3 nitrogen and oxygen atoms in total. The predicted molar refractivity (Wildman–Crippen MR) is 66.2 cm³/mol. The highest BCUT2D eigenvalue weighted by Gasteiger charge is 2.02. The van der Waals surface area contributed by atoms with Crippen molar-refractivity contribution in [3.05, 3.63) is 30.1 Å². The average molecular weight is 222 g/mol. The van der Waals surface area contributed by atoms with E-state index in [1.807, 2.05) is 12.3 Å². The number of rotatable bonds is 7. The fraction of sp³-hybridized carbons (Fsp3) is 0.615. The van der Waals surface area contributed by atoms with E-state index in [1.54, 1.807) is 6.20 Å². The van der Waals surface area contributed by atoms with Crippen molar-refractivity contribution in [2.24, 2.45) is 5.92 Å². The van der Waals surface area contributed by atoms with Gasteiger partial charge in [-0.15, -0.1) is 0 Å². The van der Waals surface area contributed by atoms with Crippen LogP contribution in [0.2, 0.25) is 0 Å². The molecule has 0 saturated heterocycles. The minimum Gasteiger partial charge on any atom is -0.380 e. The highest BCUT2D eigenvalue weighted by molar-refractivity contribution is 5.07. The van der Waals surface area contributed by atoms with Crippen LogP contribution in [-0.2, 0) is 11.3 Å². The Labute approximate surface area is 98.2 Å². The van der Waals surface area contributed by atoms with E-state index in [0.717, 1.165) is 19.8 Å². The summed E-state index contributed by atoms with van der Waals surface area (Å²) in [7, 11) is 0. The number of ether oxygens (including phenoxy) is 1. The molecule has 0 aliphatic heterocycles. The van der Waals surface area contributed by atoms with Gasteiger partial charge in [-0.25, -0.2) is 0 Å². The minimum atomic E-state index is 0.374. The first-order valence-corrected chi connectivity index (χ1v) is 5.88. The molecule has 3 heteroatoms. The van der Waals surface area contributed by atoms with Crippen molar-refractivity contribution in [2.75, 3.05) is 13.2 Å². The summed E-state index contributed by atoms with van der Waals surface area (Å²) in [5.41, 5.74) is 1.21. The van der Waals surface area contributed by atoms with E-state index < -0.39 is 0 Å². The first-order valence-electron chi connectivity index (χ1n) is 5.88. The molecule has 0 radical (unpaired) electrons. The first-order chi connectivity index (χ1) is 7.68. The Bertz CT molecular complexity index is 275. The quantitative estimate of drug-likeness (QED) is 0.768. The van der Waals surface area contributed by atoms with Crippen LogP contribution in [0.5, 0.6) is 0 Å². The highest BCUT2D eigenvalue weighted by Crippen LogP contribution is 1.97. The SMILES string of the molecule is CC(C)COCC(C)NCc1cccnc1. The number of hydrogen-bond donors (Lipinski definition) is 1. The second-order valence-corrected chi connectivity index (χ2v) is 4.57. The van der Waals surface area contributed by atoms with Gasteiger partial charge in [0.1, 0.15) is 0 Å². The number of aromatic nitrogens is 1. The summed E-state index contributed by atoms with van der Waals surface area (Å²) in [6.07, 6.45) is 3.67. The minimum absolute atomic E-state index is 0.374. The molecular weight excluding hydrogens is 200 g/mol. The summed E-state index contributed by atoms with van der Waals surface area (Å²) in [4.78, 5) is 4.08. The first kappa shape index (κ1) is 13.1. The van der Waals surface area contributed by atoms with Gasteiger partial charge in [0.25, 0.3) is 0 Å². The summed E-state index contributed by atoms with van der Waals surface area (Å²) in [5.74, 6) is 0.602. The molecule has 1 atom stereocenters. The molecule has 1 aromatic heterocycles. The van der Waals surface area contributed by atoms with Crippen molar-refractivity contribution >= 4 is 0 Å². The summed E-state index contributed by atoms with van der Waals surface area (Å²) in [6.45, 7) is 8.90. The van der Waals surface area contributed by atoms with Gasteiger partial charge in [-0.1, -0.05) is 19.9 Å². The van der Waals surface area contributed by atoms with Crippen LogP contribution in [0.3, 0.4) is 0 Å². The van der Waals surface area contributed by atoms with Crippen molar-refractivity contribution in [1.82, 2.24) is 10.3 Å². The normalized spacial score (nSPS) is 13.0. The predicted octanol–water partition coefficient (Wildman–Crippen LogP) is 2.23. The summed E-state index contributed by atoms with van der Waals surface area (Å²) in [5, 5.41) is 3.41. The number of nitrogens with one attached hydrogen (secondary N) is 1. The van der Waals surface area contributed by atoms with Crippen LogP contribution in [0.15, 0.2) is 24.5 Å². The zero-order valence-corrected chi connectivity index (χ0v) is 10.4. The van der Waals surface area contributed by atoms with E-state index in [0.29, 0.717) is 12.0 Å². The molecule has 16 heavy (non-hydrogen) atoms. The van der Waals surface area contributed by atoms with Gasteiger partial charge in [0, 0.05) is 31.6 Å². The highest BCUT2D eigenvalue weighted by atomic mass is 16.5. The summed E-state index contributed by atoms with van der Waals surface area (Å²) >= 11 is 0. The van der Waals surface area contributed by atoms with Gasteiger partial charge in [-0.2, -0.15) is 0 Å². The Balaban J connectivity index is 2.13. The second-order valence-electron chi connectivity index (χ2n) is 4.57. The van der Waals surface area contributed by atoms with E-state index in [2.05, 4.69) is 37.1 Å². The maximum atomic E-state index is 5.57. The number of nitrogens with zero attached hydrogens (tertiary/aromatic N) is 1. The van der Waals surface area contributed by atoms with Crippen molar-refractivity contribution < 1.29 is 4.74 Å². The van der Waals surface area contributed by atoms with E-state index in [4.69, 9.17) is 4.74 Å². The lowest BCUT2D eigenvalue weighted by Crippen LogP contribution is -2.30. The molecular formula is C13H22N2O. The van der Waals surface area contributed by atoms with Gasteiger partial charge in [0.15, 0.2) is 0 Å². The summed E-state index contributed by atoms with van der Waals surface area (Å²) < 4.78 is 5.57. The molecule has 1 aromatic rings. The van der Waals surface area contributed by atoms with Crippen molar-refractivity contribution in [3.63, 3.8) is 0 Å². The van der Waals surface area contributed by atoms with Gasteiger partial charge in [-0.3, -0.25) is 4.98 Å². The Morgan fingerprint density at radius 3 is 2.75 bits per heavy atom. The van der Waals surface area contributed by atoms with Gasteiger partial charge in [-0.05, 0) is 24.5 Å². The van der Waals surface area contributed by atoms with Crippen LogP contribution < -0.4 is 5.32 Å². The van der Waals surface area contributed by atoms with Crippen LogP contribution in [0.25, 0.3) is 0 Å². The molecule has 90 valence electrons. The Morgan fingerprint density at radius 1 is 1.31 bits per heavy atom. The lowest BCUT2D eigenvalue weighted by molar-refractivity contribution is 0.0935. The van der Waals surface area contributed by atoms with Crippen LogP contribution in [0.4, 0.5) is 0 Å². The smallest absolute Gasteiger partial charge is 0.0617 e. The second kappa shape index (κ2) is 7.36. The Morgan fingerprint density at radius 2 is 2.12 bits per heavy atom. The molecule has 0 fully saturated rings. The van der Waals surface area contributed by atoms with Crippen LogP contribution in [0.1, 0.15) is 26.3 Å². The molecule has 0 saturated carbocycles. The zero-order chi connectivity index (χ0) is 11.8. The average Bonchev–Trinajstić information content (AvgIpc) is 2.27. The molecule has 1 heterocycles. The molecule has 0 aliphatic carbocycles. The van der Waals surface area contributed by atoms with Gasteiger partial charge >= 0.3 is 0 Å². The number of pyridine rings is 1. The monoisotopic (exact) mass is 222 g/mol. The van der Waals surface area contributed by atoms with Gasteiger partial charge < -0.3 is 10.1 Å². The fourth-order valence-electron chi connectivity index (χ4n) is 1.33. The number of hydrogen-bond acceptors (Lipinski definition) is 3. The van der Waals surface area contributed by atoms with Crippen molar-refractivity contribution in [1.29, 1.82) is 0 Å². The van der Waals surface area contributed by atoms with Crippen LogP contribution in [-0.4, -0.2) is 24.2 Å². The molecule has 0 aliphatic rings. The van der Waals surface area contributed by atoms with Crippen LogP contribution >= 0.6 is 0 Å². The largest absolute Gasteiger partial charge is 0.380 e. The third-order valence-electron chi connectivity index (χ3n) is 2.20. The molecule has 1 unspecified atom stereocenters. The van der Waals surface area contributed by atoms with E-state index >= 15 is 0 Å². The summed E-state index contributed by atoms with van der Waals surface area (Å²) in [6, 6.07) is 4.40. The lowest BCUT2D eigenvalue weighted by Gasteiger charge is -2.15. The molecule has 0 aromatic carbocycles. The van der Waals surface area contributed by atoms with Crippen molar-refractivity contribution in [2.45, 2.75) is 33.4 Å². The van der Waals surface area contributed by atoms with Gasteiger partial charge in [0.2, 0.25) is 0 Å². The fourth-order valence-corrected chi connectivity index (χ4v) is 1.33. The Kier molecular flexibility index (Phi) is 6.04. The standard InChI is InChI=1S/C13H22N2O/c1-11(2)9-16-10-12(3)15-8-13-5-4-6-14-7-13/h4-7,11-12,15H,8-10H2,1-3H3. The molecule has 0 bridgehead atoms. The maximum Gasteiger partial charge on any atom is 0.0617 e. The third-order valence-corrected chi connectivity index (χ3v) is 2.20. The molecule has 0 amide bonds. The maximum absolute atomic E-state index is 5.57.